The molecule has 0 bridgehead atoms. The first-order valence-corrected chi connectivity index (χ1v) is 23.0. The molecule has 7 heterocycles. The van der Waals surface area contributed by atoms with Crippen LogP contribution < -0.4 is 20.9 Å². The lowest BCUT2D eigenvalue weighted by Crippen LogP contribution is -2.29. The Balaban J connectivity index is 0.000000157. The highest BCUT2D eigenvalue weighted by Crippen LogP contribution is 2.49. The second kappa shape index (κ2) is 17.6. The molecular formula is C51H58N10O6. The van der Waals surface area contributed by atoms with Crippen molar-refractivity contribution in [1.29, 1.82) is 0 Å². The number of ether oxygens (including phenoxy) is 4. The van der Waals surface area contributed by atoms with Crippen molar-refractivity contribution in [1.82, 2.24) is 39.0 Å². The summed E-state index contributed by atoms with van der Waals surface area (Å²) in [5.74, 6) is 1.95. The van der Waals surface area contributed by atoms with E-state index in [2.05, 4.69) is 83.1 Å². The molecule has 8 aromatic rings. The summed E-state index contributed by atoms with van der Waals surface area (Å²) in [5.41, 5.74) is 19.8. The van der Waals surface area contributed by atoms with Gasteiger partial charge in [-0.1, -0.05) is 24.3 Å². The molecule has 2 aromatic carbocycles. The minimum atomic E-state index is -0.863. The number of methoxy groups -OCH3 is 2. The van der Waals surface area contributed by atoms with E-state index < -0.39 is 18.0 Å². The Kier molecular flexibility index (Phi) is 11.7. The number of aryl methyl sites for hydroxylation is 4. The van der Waals surface area contributed by atoms with Crippen LogP contribution in [-0.4, -0.2) is 93.7 Å². The van der Waals surface area contributed by atoms with E-state index in [1.54, 1.807) is 20.5 Å². The van der Waals surface area contributed by atoms with Gasteiger partial charge in [0.15, 0.2) is 5.79 Å². The van der Waals surface area contributed by atoms with Crippen molar-refractivity contribution in [3.8, 4) is 11.8 Å². The lowest BCUT2D eigenvalue weighted by Gasteiger charge is -2.24. The van der Waals surface area contributed by atoms with E-state index >= 15 is 0 Å². The van der Waals surface area contributed by atoms with Crippen molar-refractivity contribution >= 4 is 55.5 Å². The minimum Gasteiger partial charge on any atom is -0.480 e. The third-order valence-electron chi connectivity index (χ3n) is 14.2. The zero-order valence-electron chi connectivity index (χ0n) is 38.7. The molecule has 0 spiro atoms. The van der Waals surface area contributed by atoms with Gasteiger partial charge in [0.25, 0.3) is 0 Å². The molecule has 0 radical (unpaired) electrons. The van der Waals surface area contributed by atoms with E-state index in [0.717, 1.165) is 87.0 Å². The van der Waals surface area contributed by atoms with E-state index in [9.17, 15) is 10.2 Å². The lowest BCUT2D eigenvalue weighted by molar-refractivity contribution is -0.160. The fourth-order valence-corrected chi connectivity index (χ4v) is 10.7. The largest absolute Gasteiger partial charge is 0.480 e. The normalized spacial score (nSPS) is 24.4. The Bertz CT molecular complexity index is 3120. The fourth-order valence-electron chi connectivity index (χ4n) is 10.7. The molecule has 2 aliphatic carbocycles. The predicted octanol–water partition coefficient (Wildman–Crippen LogP) is 7.39. The van der Waals surface area contributed by atoms with E-state index in [-0.39, 0.29) is 30.2 Å². The zero-order valence-corrected chi connectivity index (χ0v) is 38.7. The number of hydrogen-bond acceptors (Lipinski definition) is 14. The van der Waals surface area contributed by atoms with Crippen molar-refractivity contribution in [3.05, 3.63) is 108 Å². The number of benzene rings is 2. The molecule has 1 saturated heterocycles. The molecule has 16 nitrogen and oxygen atoms in total. The highest BCUT2D eigenvalue weighted by molar-refractivity contribution is 5.84. The number of hydrogen-bond donors (Lipinski definition) is 4. The summed E-state index contributed by atoms with van der Waals surface area (Å²) in [4.78, 5) is 26.4. The van der Waals surface area contributed by atoms with Crippen molar-refractivity contribution in [2.75, 3.05) is 25.7 Å². The molecule has 6 aromatic heterocycles. The van der Waals surface area contributed by atoms with Gasteiger partial charge >= 0.3 is 0 Å². The topological polar surface area (TPSA) is 217 Å². The summed E-state index contributed by atoms with van der Waals surface area (Å²) in [6.45, 7) is 7.94. The van der Waals surface area contributed by atoms with Crippen LogP contribution in [0.1, 0.15) is 73.9 Å². The summed E-state index contributed by atoms with van der Waals surface area (Å²) >= 11 is 0. The average Bonchev–Trinajstić information content (AvgIpc) is 4.14. The molecule has 0 amide bonds. The highest BCUT2D eigenvalue weighted by atomic mass is 16.8. The number of rotatable bonds is 10. The maximum absolute atomic E-state index is 10.8. The molecule has 6 N–H and O–H groups in total. The number of aliphatic hydroxyl groups is 2. The Morgan fingerprint density at radius 3 is 1.67 bits per heavy atom. The van der Waals surface area contributed by atoms with Gasteiger partial charge in [-0.3, -0.25) is 0 Å². The molecule has 0 unspecified atom stereocenters. The van der Waals surface area contributed by atoms with Gasteiger partial charge in [-0.2, -0.15) is 0 Å². The number of aromatic nitrogens is 8. The first-order valence-electron chi connectivity index (χ1n) is 23.0. The number of pyridine rings is 2. The standard InChI is InChI=1S/C27H31N5O3.C24H27N5O3/c1-15-11-17-7-5-16(12-20(17)31-24(15)28)6-8-18-13-21(23-22(18)34-27(2,3)35-23)32-10-9-19-25(32)29-14-30-26(19)33-4;1-13-9-15-5-3-14(10-18(15)28-22(13)25)4-6-16-11-19(21(31)20(16)30)29-8-7-17-23(29)26-12-27-24(17)32-2/h5,7,9-12,14,18,21-23H,6,8,13H2,1-4H3,(H2,28,31);3,5,7-10,12,16,19-21,30-31H,4,6,11H2,1-2H3,(H2,25,28)/t18-,21+,22+,23-;16-,19+,20+,21-/m00/s1. The Morgan fingerprint density at radius 1 is 0.642 bits per heavy atom. The molecule has 8 atom stereocenters. The molecule has 3 fully saturated rings. The van der Waals surface area contributed by atoms with Crippen LogP contribution in [0, 0.1) is 25.7 Å². The molecular weight excluding hydrogens is 849 g/mol. The van der Waals surface area contributed by atoms with Crippen molar-refractivity contribution < 1.29 is 29.2 Å². The van der Waals surface area contributed by atoms with Gasteiger partial charge in [-0.25, -0.2) is 29.9 Å². The van der Waals surface area contributed by atoms with Crippen molar-refractivity contribution in [2.45, 2.75) is 109 Å². The third-order valence-corrected chi connectivity index (χ3v) is 14.2. The molecule has 16 heteroatoms. The van der Waals surface area contributed by atoms with Gasteiger partial charge in [0, 0.05) is 23.2 Å². The van der Waals surface area contributed by atoms with Crippen LogP contribution in [0.15, 0.2) is 85.7 Å². The monoisotopic (exact) mass is 906 g/mol. The summed E-state index contributed by atoms with van der Waals surface area (Å²) in [6.07, 6.45) is 10.4. The molecule has 11 rings (SSSR count). The minimum absolute atomic E-state index is 0.0251. The van der Waals surface area contributed by atoms with Gasteiger partial charge in [0.1, 0.15) is 47.8 Å². The van der Waals surface area contributed by atoms with E-state index in [1.165, 1.54) is 11.9 Å². The maximum atomic E-state index is 10.8. The van der Waals surface area contributed by atoms with E-state index in [4.69, 9.17) is 30.4 Å². The van der Waals surface area contributed by atoms with Gasteiger partial charge in [0.2, 0.25) is 11.8 Å². The second-order valence-electron chi connectivity index (χ2n) is 18.9. The highest BCUT2D eigenvalue weighted by Gasteiger charge is 2.54. The fraction of sp³-hybridized carbons (Fsp3) is 0.412. The van der Waals surface area contributed by atoms with Gasteiger partial charge in [0.05, 0.1) is 60.3 Å². The Labute approximate surface area is 388 Å². The predicted molar refractivity (Wildman–Crippen MR) is 257 cm³/mol. The first-order chi connectivity index (χ1) is 32.3. The summed E-state index contributed by atoms with van der Waals surface area (Å²) in [6, 6.07) is 20.6. The van der Waals surface area contributed by atoms with Crippen LogP contribution in [0.3, 0.4) is 0 Å². The lowest BCUT2D eigenvalue weighted by atomic mass is 9.95. The van der Waals surface area contributed by atoms with Gasteiger partial charge in [-0.15, -0.1) is 0 Å². The van der Waals surface area contributed by atoms with E-state index in [0.29, 0.717) is 41.4 Å². The molecule has 2 saturated carbocycles. The molecule has 3 aliphatic rings. The van der Waals surface area contributed by atoms with Crippen molar-refractivity contribution in [3.63, 3.8) is 0 Å². The average molecular weight is 907 g/mol. The SMILES string of the molecule is COc1ncnc2c1ccn2[C@@H]1C[C@H](CCc2ccc3cc(C)c(N)nc3c2)[C@@H](O)[C@H]1O.COc1ncnc2c1ccn2[C@@H]1C[C@H](CCc2ccc3cc(C)c(N)nc3c2)[C@H]2OC(C)(C)O[C@H]21. The zero-order chi connectivity index (χ0) is 46.7. The number of anilines is 2. The van der Waals surface area contributed by atoms with Crippen LogP contribution >= 0.6 is 0 Å². The molecule has 67 heavy (non-hydrogen) atoms. The summed E-state index contributed by atoms with van der Waals surface area (Å²) in [5, 5.41) is 25.5. The molecule has 348 valence electrons. The number of nitrogens with zero attached hydrogens (tertiary/aromatic N) is 8. The third kappa shape index (κ3) is 8.36. The quantitative estimate of drug-likeness (QED) is 0.105. The van der Waals surface area contributed by atoms with Crippen LogP contribution in [0.25, 0.3) is 43.9 Å². The summed E-state index contributed by atoms with van der Waals surface area (Å²) < 4.78 is 27.8. The first kappa shape index (κ1) is 44.4. The van der Waals surface area contributed by atoms with Crippen molar-refractivity contribution in [2.24, 2.45) is 11.8 Å². The number of fused-ring (bicyclic) bond motifs is 5. The van der Waals surface area contributed by atoms with E-state index in [1.807, 2.05) is 56.7 Å². The summed E-state index contributed by atoms with van der Waals surface area (Å²) in [7, 11) is 3.20. The smallest absolute Gasteiger partial charge is 0.225 e. The Morgan fingerprint density at radius 2 is 1.13 bits per heavy atom. The second-order valence-corrected chi connectivity index (χ2v) is 18.9. The number of nitrogens with two attached hydrogens (primary N) is 2. The number of nitrogen functional groups attached to an aromatic ring is 2. The van der Waals surface area contributed by atoms with Crippen LogP contribution in [-0.2, 0) is 22.3 Å². The Hall–Kier alpha value is -6.46. The maximum Gasteiger partial charge on any atom is 0.225 e. The molecule has 1 aliphatic heterocycles. The van der Waals surface area contributed by atoms with Crippen LogP contribution in [0.2, 0.25) is 0 Å². The van der Waals surface area contributed by atoms with Crippen LogP contribution in [0.5, 0.6) is 11.8 Å². The number of aliphatic hydroxyl groups excluding tert-OH is 2. The van der Waals surface area contributed by atoms with Crippen LogP contribution in [0.4, 0.5) is 11.6 Å². The van der Waals surface area contributed by atoms with Gasteiger partial charge in [-0.05, 0) is 137 Å². The van der Waals surface area contributed by atoms with Gasteiger partial charge < -0.3 is 49.8 Å².